The molecule has 0 saturated carbocycles. The number of primary amides is 1. The smallest absolute Gasteiger partial charge is 0.233 e. The number of rotatable bonds is 5. The van der Waals surface area contributed by atoms with Gasteiger partial charge in [-0.25, -0.2) is 8.78 Å². The highest BCUT2D eigenvalue weighted by Crippen LogP contribution is 2.24. The van der Waals surface area contributed by atoms with E-state index in [-0.39, 0.29) is 24.1 Å². The molecule has 0 spiro atoms. The van der Waals surface area contributed by atoms with Gasteiger partial charge >= 0.3 is 0 Å². The molecule has 2 rings (SSSR count). The van der Waals surface area contributed by atoms with Crippen LogP contribution in [0.25, 0.3) is 0 Å². The van der Waals surface area contributed by atoms with E-state index in [4.69, 9.17) is 5.73 Å². The number of carbonyl (C=O) groups is 2. The number of carbonyl (C=O) groups excluding carboxylic acids is 2. The van der Waals surface area contributed by atoms with Gasteiger partial charge in [-0.05, 0) is 37.5 Å². The molecule has 0 aromatic heterocycles. The molecular weight excluding hydrogens is 310 g/mol. The van der Waals surface area contributed by atoms with Crippen LogP contribution in [0.3, 0.4) is 0 Å². The van der Waals surface area contributed by atoms with Gasteiger partial charge in [-0.3, -0.25) is 9.59 Å². The number of nitrogens with zero attached hydrogens (tertiary/aromatic N) is 1. The second kappa shape index (κ2) is 7.58. The zero-order valence-electron chi connectivity index (χ0n) is 12.1. The van der Waals surface area contributed by atoms with E-state index < -0.39 is 17.5 Å². The molecule has 0 bridgehead atoms. The molecule has 120 valence electrons. The number of hydrogen-bond donors (Lipinski definition) is 1. The molecule has 2 N–H and O–H groups in total. The van der Waals surface area contributed by atoms with Crippen molar-refractivity contribution < 1.29 is 18.4 Å². The molecule has 0 radical (unpaired) electrons. The minimum absolute atomic E-state index is 0.110. The molecule has 1 aromatic carbocycles. The largest absolute Gasteiger partial charge is 0.370 e. The van der Waals surface area contributed by atoms with Crippen LogP contribution in [0.4, 0.5) is 8.78 Å². The van der Waals surface area contributed by atoms with E-state index in [1.807, 2.05) is 0 Å². The van der Waals surface area contributed by atoms with Crippen molar-refractivity contribution >= 4 is 23.6 Å². The van der Waals surface area contributed by atoms with Crippen molar-refractivity contribution in [2.75, 3.05) is 12.3 Å². The summed E-state index contributed by atoms with van der Waals surface area (Å²) < 4.78 is 26.0. The number of nitrogens with two attached hydrogens (primary N) is 1. The lowest BCUT2D eigenvalue weighted by molar-refractivity contribution is -0.133. The van der Waals surface area contributed by atoms with Crippen LogP contribution in [-0.2, 0) is 9.59 Å². The lowest BCUT2D eigenvalue weighted by Crippen LogP contribution is -2.46. The fraction of sp³-hybridized carbons (Fsp3) is 0.467. The van der Waals surface area contributed by atoms with Crippen molar-refractivity contribution in [1.29, 1.82) is 0 Å². The van der Waals surface area contributed by atoms with Gasteiger partial charge in [0.25, 0.3) is 0 Å². The standard InChI is InChI=1S/C15H18F2N2O2S/c16-12-5-4-11(8-13(12)17)22-9-15(21)19-6-2-1-3-10(19)7-14(18)20/h4-5,8,10H,1-3,6-7,9H2,(H2,18,20)/t10-/m0/s1. The van der Waals surface area contributed by atoms with Gasteiger partial charge in [-0.1, -0.05) is 0 Å². The summed E-state index contributed by atoms with van der Waals surface area (Å²) in [6.07, 6.45) is 2.81. The molecule has 1 atom stereocenters. The minimum atomic E-state index is -0.929. The number of piperidine rings is 1. The Balaban J connectivity index is 1.94. The fourth-order valence-electron chi connectivity index (χ4n) is 2.57. The first-order chi connectivity index (χ1) is 10.5. The number of amides is 2. The Labute approximate surface area is 132 Å². The van der Waals surface area contributed by atoms with Gasteiger partial charge < -0.3 is 10.6 Å². The van der Waals surface area contributed by atoms with Gasteiger partial charge in [-0.15, -0.1) is 11.8 Å². The van der Waals surface area contributed by atoms with E-state index in [2.05, 4.69) is 0 Å². The lowest BCUT2D eigenvalue weighted by atomic mass is 9.99. The average Bonchev–Trinajstić information content (AvgIpc) is 2.48. The van der Waals surface area contributed by atoms with E-state index in [0.717, 1.165) is 43.2 Å². The van der Waals surface area contributed by atoms with Crippen molar-refractivity contribution in [3.8, 4) is 0 Å². The van der Waals surface area contributed by atoms with Crippen molar-refractivity contribution in [2.24, 2.45) is 5.73 Å². The normalized spacial score (nSPS) is 18.3. The number of hydrogen-bond acceptors (Lipinski definition) is 3. The first-order valence-corrected chi connectivity index (χ1v) is 8.11. The summed E-state index contributed by atoms with van der Waals surface area (Å²) in [5.41, 5.74) is 5.22. The van der Waals surface area contributed by atoms with Crippen molar-refractivity contribution in [3.05, 3.63) is 29.8 Å². The quantitative estimate of drug-likeness (QED) is 0.844. The molecule has 7 heteroatoms. The maximum absolute atomic E-state index is 13.1. The Bertz CT molecular complexity index is 568. The summed E-state index contributed by atoms with van der Waals surface area (Å²) in [5.74, 6) is -2.24. The topological polar surface area (TPSA) is 63.4 Å². The van der Waals surface area contributed by atoms with E-state index in [9.17, 15) is 18.4 Å². The summed E-state index contributed by atoms with van der Waals surface area (Å²) >= 11 is 1.15. The summed E-state index contributed by atoms with van der Waals surface area (Å²) in [6, 6.07) is 3.40. The summed E-state index contributed by atoms with van der Waals surface area (Å²) in [4.78, 5) is 25.6. The zero-order valence-corrected chi connectivity index (χ0v) is 12.9. The summed E-state index contributed by atoms with van der Waals surface area (Å²) in [7, 11) is 0. The third-order valence-electron chi connectivity index (χ3n) is 3.64. The Kier molecular flexibility index (Phi) is 5.76. The van der Waals surface area contributed by atoms with Gasteiger partial charge in [0, 0.05) is 23.9 Å². The van der Waals surface area contributed by atoms with Crippen LogP contribution in [0, 0.1) is 11.6 Å². The van der Waals surface area contributed by atoms with Crippen LogP contribution in [-0.4, -0.2) is 35.1 Å². The SMILES string of the molecule is NC(=O)C[C@@H]1CCCCN1C(=O)CSc1ccc(F)c(F)c1. The van der Waals surface area contributed by atoms with Crippen molar-refractivity contribution in [3.63, 3.8) is 0 Å². The third kappa shape index (κ3) is 4.43. The Morgan fingerprint density at radius 1 is 1.27 bits per heavy atom. The first-order valence-electron chi connectivity index (χ1n) is 7.13. The van der Waals surface area contributed by atoms with E-state index in [1.165, 1.54) is 6.07 Å². The zero-order chi connectivity index (χ0) is 16.1. The van der Waals surface area contributed by atoms with Crippen molar-refractivity contribution in [1.82, 2.24) is 4.90 Å². The molecule has 1 aromatic rings. The molecule has 22 heavy (non-hydrogen) atoms. The molecule has 0 unspecified atom stereocenters. The van der Waals surface area contributed by atoms with E-state index >= 15 is 0 Å². The maximum atomic E-state index is 13.1. The second-order valence-corrected chi connectivity index (χ2v) is 6.32. The van der Waals surface area contributed by atoms with Crippen molar-refractivity contribution in [2.45, 2.75) is 36.6 Å². The van der Waals surface area contributed by atoms with E-state index in [1.54, 1.807) is 4.90 Å². The first kappa shape index (κ1) is 16.7. The lowest BCUT2D eigenvalue weighted by Gasteiger charge is -2.35. The maximum Gasteiger partial charge on any atom is 0.233 e. The Hall–Kier alpha value is -1.63. The van der Waals surface area contributed by atoms with Crippen LogP contribution < -0.4 is 5.73 Å². The molecule has 1 aliphatic heterocycles. The molecular formula is C15H18F2N2O2S. The molecule has 1 aliphatic rings. The highest BCUT2D eigenvalue weighted by molar-refractivity contribution is 8.00. The minimum Gasteiger partial charge on any atom is -0.370 e. The fourth-order valence-corrected chi connectivity index (χ4v) is 3.37. The van der Waals surface area contributed by atoms with Gasteiger partial charge in [0.2, 0.25) is 11.8 Å². The predicted molar refractivity (Wildman–Crippen MR) is 80.2 cm³/mol. The molecule has 0 aliphatic carbocycles. The number of halogens is 2. The molecule has 4 nitrogen and oxygen atoms in total. The molecule has 1 saturated heterocycles. The van der Waals surface area contributed by atoms with Crippen LogP contribution >= 0.6 is 11.8 Å². The van der Waals surface area contributed by atoms with Crippen LogP contribution in [0.5, 0.6) is 0 Å². The number of benzene rings is 1. The van der Waals surface area contributed by atoms with Crippen LogP contribution in [0.2, 0.25) is 0 Å². The Morgan fingerprint density at radius 2 is 2.05 bits per heavy atom. The van der Waals surface area contributed by atoms with Gasteiger partial charge in [0.15, 0.2) is 11.6 Å². The highest BCUT2D eigenvalue weighted by atomic mass is 32.2. The van der Waals surface area contributed by atoms with Gasteiger partial charge in [-0.2, -0.15) is 0 Å². The van der Waals surface area contributed by atoms with Gasteiger partial charge in [0.1, 0.15) is 0 Å². The monoisotopic (exact) mass is 328 g/mol. The van der Waals surface area contributed by atoms with Crippen LogP contribution in [0.1, 0.15) is 25.7 Å². The number of likely N-dealkylation sites (tertiary alicyclic amines) is 1. The van der Waals surface area contributed by atoms with Crippen LogP contribution in [0.15, 0.2) is 23.1 Å². The Morgan fingerprint density at radius 3 is 2.73 bits per heavy atom. The second-order valence-electron chi connectivity index (χ2n) is 5.27. The summed E-state index contributed by atoms with van der Waals surface area (Å²) in [6.45, 7) is 0.606. The average molecular weight is 328 g/mol. The summed E-state index contributed by atoms with van der Waals surface area (Å²) in [5, 5.41) is 0. The van der Waals surface area contributed by atoms with E-state index in [0.29, 0.717) is 11.4 Å². The predicted octanol–water partition coefficient (Wildman–Crippen LogP) is 2.31. The molecule has 1 fully saturated rings. The molecule has 2 amide bonds. The highest BCUT2D eigenvalue weighted by Gasteiger charge is 2.27. The van der Waals surface area contributed by atoms with Gasteiger partial charge in [0.05, 0.1) is 5.75 Å². The number of thioether (sulfide) groups is 1. The molecule has 1 heterocycles. The third-order valence-corrected chi connectivity index (χ3v) is 4.62.